The maximum atomic E-state index is 13.3. The molecule has 2 fully saturated rings. The Balaban J connectivity index is 1.61. The Hall–Kier alpha value is -3.20. The maximum absolute atomic E-state index is 13.3. The predicted molar refractivity (Wildman–Crippen MR) is 128 cm³/mol. The minimum Gasteiger partial charge on any atom is -0.505 e. The summed E-state index contributed by atoms with van der Waals surface area (Å²) in [5.74, 6) is -1.59. The number of ether oxygens (including phenoxy) is 1. The minimum atomic E-state index is -0.756. The Morgan fingerprint density at radius 3 is 2.71 bits per heavy atom. The number of amides is 1. The number of pyridine rings is 1. The lowest BCUT2D eigenvalue weighted by molar-refractivity contribution is -0.140. The molecule has 4 heterocycles. The summed E-state index contributed by atoms with van der Waals surface area (Å²) < 4.78 is 7.13. The highest BCUT2D eigenvalue weighted by Gasteiger charge is 2.46. The van der Waals surface area contributed by atoms with E-state index < -0.39 is 17.7 Å². The molecule has 1 amide bonds. The molecule has 0 saturated carbocycles. The van der Waals surface area contributed by atoms with Gasteiger partial charge in [0.15, 0.2) is 5.76 Å². The summed E-state index contributed by atoms with van der Waals surface area (Å²) >= 11 is 6.27. The second-order valence-corrected chi connectivity index (χ2v) is 8.91. The second-order valence-electron chi connectivity index (χ2n) is 8.48. The van der Waals surface area contributed by atoms with Gasteiger partial charge in [0.1, 0.15) is 11.3 Å². The second kappa shape index (κ2) is 9.21. The largest absolute Gasteiger partial charge is 0.505 e. The van der Waals surface area contributed by atoms with Crippen LogP contribution < -0.4 is 0 Å². The molecule has 0 spiro atoms. The summed E-state index contributed by atoms with van der Waals surface area (Å²) in [5, 5.41) is 12.0. The number of nitrogens with zero attached hydrogens (tertiary/aromatic N) is 4. The van der Waals surface area contributed by atoms with Crippen molar-refractivity contribution in [3.8, 4) is 0 Å². The van der Waals surface area contributed by atoms with Crippen molar-refractivity contribution in [1.82, 2.24) is 19.2 Å². The summed E-state index contributed by atoms with van der Waals surface area (Å²) in [6, 6.07) is 11.8. The number of hydrogen-bond acceptors (Lipinski definition) is 6. The molecule has 0 radical (unpaired) electrons. The number of benzene rings is 1. The first-order valence-electron chi connectivity index (χ1n) is 11.2. The highest BCUT2D eigenvalue weighted by molar-refractivity contribution is 6.46. The normalized spacial score (nSPS) is 21.0. The highest BCUT2D eigenvalue weighted by Crippen LogP contribution is 2.40. The van der Waals surface area contributed by atoms with Crippen LogP contribution in [0.25, 0.3) is 11.4 Å². The number of fused-ring (bicyclic) bond motifs is 1. The molecule has 34 heavy (non-hydrogen) atoms. The quantitative estimate of drug-likeness (QED) is 0.343. The number of ketones is 1. The Labute approximate surface area is 202 Å². The molecule has 1 atom stereocenters. The van der Waals surface area contributed by atoms with Gasteiger partial charge in [0.25, 0.3) is 11.7 Å². The van der Waals surface area contributed by atoms with Crippen LogP contribution >= 0.6 is 11.6 Å². The Morgan fingerprint density at radius 2 is 1.94 bits per heavy atom. The standard InChI is InChI=1S/C25H25ClN4O4/c1-16-21(29-8-3-2-7-19(29)27-16)23(31)20-22(17-5-4-6-18(26)15-17)30(25(33)24(20)32)10-9-28-11-13-34-14-12-28/h2-8,15,22,31H,9-14H2,1H3/b23-20+. The number of morpholine rings is 1. The molecule has 176 valence electrons. The number of Topliss-reactive ketones (excluding diaryl/α,β-unsaturated/α-hetero) is 1. The fourth-order valence-corrected chi connectivity index (χ4v) is 4.93. The number of rotatable bonds is 5. The number of likely N-dealkylation sites (tertiary alicyclic amines) is 1. The lowest BCUT2D eigenvalue weighted by Crippen LogP contribution is -2.42. The molecular formula is C25H25ClN4O4. The Kier molecular flexibility index (Phi) is 6.12. The molecular weight excluding hydrogens is 456 g/mol. The van der Waals surface area contributed by atoms with E-state index in [4.69, 9.17) is 16.3 Å². The van der Waals surface area contributed by atoms with Crippen LogP contribution in [0.2, 0.25) is 5.02 Å². The van der Waals surface area contributed by atoms with Gasteiger partial charge in [-0.15, -0.1) is 0 Å². The third-order valence-corrected chi connectivity index (χ3v) is 6.63. The molecule has 2 saturated heterocycles. The monoisotopic (exact) mass is 480 g/mol. The number of carbonyl (C=O) groups is 2. The van der Waals surface area contributed by atoms with Crippen LogP contribution in [0.1, 0.15) is 23.0 Å². The molecule has 0 bridgehead atoms. The van der Waals surface area contributed by atoms with E-state index in [1.54, 1.807) is 35.7 Å². The average Bonchev–Trinajstić information content (AvgIpc) is 3.31. The molecule has 8 nitrogen and oxygen atoms in total. The zero-order valence-electron chi connectivity index (χ0n) is 18.8. The van der Waals surface area contributed by atoms with E-state index in [1.165, 1.54) is 4.90 Å². The number of aromatic nitrogens is 2. The maximum Gasteiger partial charge on any atom is 0.295 e. The van der Waals surface area contributed by atoms with E-state index in [0.29, 0.717) is 53.9 Å². The third-order valence-electron chi connectivity index (χ3n) is 6.39. The molecule has 0 aliphatic carbocycles. The molecule has 9 heteroatoms. The molecule has 2 aliphatic heterocycles. The van der Waals surface area contributed by atoms with Crippen molar-refractivity contribution >= 4 is 34.7 Å². The fraction of sp³-hybridized carbons (Fsp3) is 0.320. The van der Waals surface area contributed by atoms with Crippen LogP contribution in [0.5, 0.6) is 0 Å². The smallest absolute Gasteiger partial charge is 0.295 e. The Bertz CT molecular complexity index is 1300. The van der Waals surface area contributed by atoms with Crippen LogP contribution in [0.4, 0.5) is 0 Å². The van der Waals surface area contributed by atoms with Gasteiger partial charge in [-0.1, -0.05) is 29.8 Å². The zero-order chi connectivity index (χ0) is 23.8. The molecule has 1 aromatic carbocycles. The fourth-order valence-electron chi connectivity index (χ4n) is 4.73. The van der Waals surface area contributed by atoms with E-state index >= 15 is 0 Å². The van der Waals surface area contributed by atoms with Crippen molar-refractivity contribution < 1.29 is 19.4 Å². The van der Waals surface area contributed by atoms with E-state index in [9.17, 15) is 14.7 Å². The number of hydrogen-bond donors (Lipinski definition) is 1. The molecule has 5 rings (SSSR count). The van der Waals surface area contributed by atoms with Crippen LogP contribution in [-0.4, -0.2) is 75.4 Å². The topological polar surface area (TPSA) is 87.4 Å². The molecule has 2 aliphatic rings. The van der Waals surface area contributed by atoms with Crippen LogP contribution in [0, 0.1) is 6.92 Å². The van der Waals surface area contributed by atoms with Gasteiger partial charge in [-0.2, -0.15) is 0 Å². The van der Waals surface area contributed by atoms with Gasteiger partial charge in [0, 0.05) is 37.4 Å². The van der Waals surface area contributed by atoms with Gasteiger partial charge in [-0.25, -0.2) is 4.98 Å². The number of aliphatic hydroxyl groups is 1. The summed E-state index contributed by atoms with van der Waals surface area (Å²) in [7, 11) is 0. The van der Waals surface area contributed by atoms with Crippen molar-refractivity contribution in [2.45, 2.75) is 13.0 Å². The van der Waals surface area contributed by atoms with Crippen LogP contribution in [-0.2, 0) is 14.3 Å². The SMILES string of the molecule is Cc1nc2ccccn2c1/C(O)=C1\C(=O)C(=O)N(CCN2CCOCC2)C1c1cccc(Cl)c1. The first-order chi connectivity index (χ1) is 16.5. The van der Waals surface area contributed by atoms with E-state index in [-0.39, 0.29) is 11.3 Å². The average molecular weight is 481 g/mol. The summed E-state index contributed by atoms with van der Waals surface area (Å²) in [5.41, 5.74) is 2.31. The zero-order valence-corrected chi connectivity index (χ0v) is 19.5. The lowest BCUT2D eigenvalue weighted by Gasteiger charge is -2.31. The number of halogens is 1. The Morgan fingerprint density at radius 1 is 1.15 bits per heavy atom. The summed E-state index contributed by atoms with van der Waals surface area (Å²) in [4.78, 5) is 34.8. The molecule has 2 aromatic heterocycles. The highest BCUT2D eigenvalue weighted by atomic mass is 35.5. The van der Waals surface area contributed by atoms with Gasteiger partial charge in [-0.05, 0) is 36.8 Å². The molecule has 1 N–H and O–H groups in total. The van der Waals surface area contributed by atoms with Crippen LogP contribution in [0.3, 0.4) is 0 Å². The van der Waals surface area contributed by atoms with Gasteiger partial charge < -0.3 is 14.7 Å². The van der Waals surface area contributed by atoms with Crippen molar-refractivity contribution in [3.05, 3.63) is 76.2 Å². The number of aliphatic hydroxyl groups excluding tert-OH is 1. The van der Waals surface area contributed by atoms with Gasteiger partial charge in [0.05, 0.1) is 30.5 Å². The van der Waals surface area contributed by atoms with Crippen molar-refractivity contribution in [2.24, 2.45) is 0 Å². The molecule has 1 unspecified atom stereocenters. The lowest BCUT2D eigenvalue weighted by atomic mass is 9.96. The summed E-state index contributed by atoms with van der Waals surface area (Å²) in [6.45, 7) is 5.53. The first kappa shape index (κ1) is 22.6. The van der Waals surface area contributed by atoms with E-state index in [0.717, 1.165) is 13.1 Å². The van der Waals surface area contributed by atoms with E-state index in [1.807, 2.05) is 24.3 Å². The number of imidazole rings is 1. The third kappa shape index (κ3) is 3.98. The van der Waals surface area contributed by atoms with Crippen molar-refractivity contribution in [2.75, 3.05) is 39.4 Å². The van der Waals surface area contributed by atoms with E-state index in [2.05, 4.69) is 9.88 Å². The predicted octanol–water partition coefficient (Wildman–Crippen LogP) is 3.05. The van der Waals surface area contributed by atoms with Crippen molar-refractivity contribution in [3.63, 3.8) is 0 Å². The van der Waals surface area contributed by atoms with Crippen molar-refractivity contribution in [1.29, 1.82) is 0 Å². The minimum absolute atomic E-state index is 0.0444. The molecule has 3 aromatic rings. The summed E-state index contributed by atoms with van der Waals surface area (Å²) in [6.07, 6.45) is 1.77. The van der Waals surface area contributed by atoms with Gasteiger partial charge >= 0.3 is 0 Å². The number of aryl methyl sites for hydroxylation is 1. The number of carbonyl (C=O) groups excluding carboxylic acids is 2. The van der Waals surface area contributed by atoms with Gasteiger partial charge in [-0.3, -0.25) is 18.9 Å². The van der Waals surface area contributed by atoms with Gasteiger partial charge in [0.2, 0.25) is 0 Å². The van der Waals surface area contributed by atoms with Crippen LogP contribution in [0.15, 0.2) is 54.2 Å². The first-order valence-corrected chi connectivity index (χ1v) is 11.6.